The monoisotopic (exact) mass is 395 g/mol. The Morgan fingerprint density at radius 2 is 1.86 bits per heavy atom. The van der Waals surface area contributed by atoms with Crippen molar-refractivity contribution in [2.45, 2.75) is 20.1 Å². The number of hydrogen-bond acceptors (Lipinski definition) is 5. The molecule has 2 rings (SSSR count). The first-order valence-corrected chi connectivity index (χ1v) is 8.47. The SMILES string of the molecule is CCOc1cccc(CN=C(N)Nc2ccc(OC)c(OC)c2)c1OC(F)F. The Hall–Kier alpha value is -3.23. The van der Waals surface area contributed by atoms with Gasteiger partial charge in [0.15, 0.2) is 29.0 Å². The number of nitrogens with one attached hydrogen (secondary N) is 1. The van der Waals surface area contributed by atoms with Gasteiger partial charge >= 0.3 is 6.61 Å². The van der Waals surface area contributed by atoms with E-state index in [1.807, 2.05) is 0 Å². The molecule has 2 aromatic carbocycles. The minimum atomic E-state index is -2.98. The molecule has 0 radical (unpaired) electrons. The second-order valence-corrected chi connectivity index (χ2v) is 5.45. The van der Waals surface area contributed by atoms with Crippen molar-refractivity contribution < 1.29 is 27.7 Å². The first kappa shape index (κ1) is 21.1. The molecule has 0 saturated heterocycles. The van der Waals surface area contributed by atoms with Crippen LogP contribution in [-0.4, -0.2) is 33.4 Å². The highest BCUT2D eigenvalue weighted by molar-refractivity contribution is 5.92. The minimum Gasteiger partial charge on any atom is -0.493 e. The molecule has 0 fully saturated rings. The number of guanidine groups is 1. The van der Waals surface area contributed by atoms with Crippen molar-refractivity contribution in [2.75, 3.05) is 26.1 Å². The number of ether oxygens (including phenoxy) is 4. The molecule has 2 aromatic rings. The van der Waals surface area contributed by atoms with E-state index in [-0.39, 0.29) is 24.0 Å². The van der Waals surface area contributed by atoms with Crippen LogP contribution in [0.3, 0.4) is 0 Å². The summed E-state index contributed by atoms with van der Waals surface area (Å²) in [5.41, 5.74) is 6.96. The zero-order valence-corrected chi connectivity index (χ0v) is 15.9. The van der Waals surface area contributed by atoms with Crippen molar-refractivity contribution in [3.8, 4) is 23.0 Å². The first-order valence-electron chi connectivity index (χ1n) is 8.47. The van der Waals surface area contributed by atoms with Gasteiger partial charge in [0.2, 0.25) is 0 Å². The van der Waals surface area contributed by atoms with Gasteiger partial charge in [0.25, 0.3) is 0 Å². The Labute approximate surface area is 162 Å². The van der Waals surface area contributed by atoms with Crippen LogP contribution in [0.15, 0.2) is 41.4 Å². The van der Waals surface area contributed by atoms with Crippen LogP contribution >= 0.6 is 0 Å². The predicted octanol–water partition coefficient (Wildman–Crippen LogP) is 3.63. The van der Waals surface area contributed by atoms with Gasteiger partial charge in [-0.1, -0.05) is 12.1 Å². The molecular formula is C19H23F2N3O4. The number of aliphatic imine (C=N–C) groups is 1. The predicted molar refractivity (Wildman–Crippen MR) is 103 cm³/mol. The molecule has 0 aromatic heterocycles. The average Bonchev–Trinajstić information content (AvgIpc) is 2.68. The molecule has 0 amide bonds. The van der Waals surface area contributed by atoms with Crippen LogP contribution in [0.1, 0.15) is 12.5 Å². The Bertz CT molecular complexity index is 816. The van der Waals surface area contributed by atoms with E-state index in [1.165, 1.54) is 14.2 Å². The fourth-order valence-electron chi connectivity index (χ4n) is 2.45. The van der Waals surface area contributed by atoms with Gasteiger partial charge in [0.05, 0.1) is 27.4 Å². The highest BCUT2D eigenvalue weighted by Crippen LogP contribution is 2.33. The van der Waals surface area contributed by atoms with Crippen LogP contribution in [0.25, 0.3) is 0 Å². The molecule has 0 aliphatic heterocycles. The van der Waals surface area contributed by atoms with Crippen molar-refractivity contribution in [2.24, 2.45) is 10.7 Å². The van der Waals surface area contributed by atoms with Gasteiger partial charge in [-0.2, -0.15) is 8.78 Å². The van der Waals surface area contributed by atoms with Crippen LogP contribution in [0.5, 0.6) is 23.0 Å². The quantitative estimate of drug-likeness (QED) is 0.498. The third-order valence-corrected chi connectivity index (χ3v) is 3.64. The lowest BCUT2D eigenvalue weighted by atomic mass is 10.2. The smallest absolute Gasteiger partial charge is 0.387 e. The number of para-hydroxylation sites is 1. The van der Waals surface area contributed by atoms with E-state index in [0.29, 0.717) is 29.4 Å². The number of halogens is 2. The summed E-state index contributed by atoms with van der Waals surface area (Å²) in [6.45, 7) is -0.890. The topological polar surface area (TPSA) is 87.3 Å². The number of rotatable bonds is 9. The third-order valence-electron chi connectivity index (χ3n) is 3.64. The maximum Gasteiger partial charge on any atom is 0.387 e. The molecule has 9 heteroatoms. The Morgan fingerprint density at radius 1 is 1.11 bits per heavy atom. The molecule has 0 bridgehead atoms. The molecule has 0 aliphatic rings. The number of nitrogens with two attached hydrogens (primary N) is 1. The van der Waals surface area contributed by atoms with Gasteiger partial charge in [0, 0.05) is 17.3 Å². The second kappa shape index (κ2) is 10.2. The summed E-state index contributed by atoms with van der Waals surface area (Å²) in [7, 11) is 3.06. The van der Waals surface area contributed by atoms with E-state index >= 15 is 0 Å². The molecule has 0 saturated carbocycles. The minimum absolute atomic E-state index is 0.0229. The molecule has 0 heterocycles. The molecule has 3 N–H and O–H groups in total. The second-order valence-electron chi connectivity index (χ2n) is 5.45. The summed E-state index contributed by atoms with van der Waals surface area (Å²) in [6, 6.07) is 10.0. The number of hydrogen-bond donors (Lipinski definition) is 2. The standard InChI is InChI=1S/C19H23F2N3O4/c1-4-27-15-7-5-6-12(17(15)28-18(20)21)11-23-19(22)24-13-8-9-14(25-2)16(10-13)26-3/h5-10,18H,4,11H2,1-3H3,(H3,22,23,24). The fourth-order valence-corrected chi connectivity index (χ4v) is 2.45. The summed E-state index contributed by atoms with van der Waals surface area (Å²) >= 11 is 0. The highest BCUT2D eigenvalue weighted by Gasteiger charge is 2.15. The zero-order valence-electron chi connectivity index (χ0n) is 15.9. The highest BCUT2D eigenvalue weighted by atomic mass is 19.3. The van der Waals surface area contributed by atoms with Gasteiger partial charge in [-0.25, -0.2) is 4.99 Å². The van der Waals surface area contributed by atoms with Gasteiger partial charge in [0.1, 0.15) is 0 Å². The third kappa shape index (κ3) is 5.63. The molecule has 0 aliphatic carbocycles. The summed E-state index contributed by atoms with van der Waals surface area (Å²) < 4.78 is 45.9. The molecular weight excluding hydrogens is 372 g/mol. The summed E-state index contributed by atoms with van der Waals surface area (Å²) in [6.07, 6.45) is 0. The fraction of sp³-hybridized carbons (Fsp3) is 0.316. The van der Waals surface area contributed by atoms with Gasteiger partial charge in [-0.05, 0) is 25.1 Å². The van der Waals surface area contributed by atoms with E-state index in [2.05, 4.69) is 15.0 Å². The van der Waals surface area contributed by atoms with Crippen LogP contribution in [0, 0.1) is 0 Å². The largest absolute Gasteiger partial charge is 0.493 e. The van der Waals surface area contributed by atoms with Crippen LogP contribution in [0.2, 0.25) is 0 Å². The Balaban J connectivity index is 2.17. The first-order chi connectivity index (χ1) is 13.5. The van der Waals surface area contributed by atoms with E-state index < -0.39 is 6.61 Å². The number of nitrogens with zero attached hydrogens (tertiary/aromatic N) is 1. The molecule has 28 heavy (non-hydrogen) atoms. The van der Waals surface area contributed by atoms with Crippen molar-refractivity contribution in [3.05, 3.63) is 42.0 Å². The summed E-state index contributed by atoms with van der Waals surface area (Å²) in [4.78, 5) is 4.19. The Kier molecular flexibility index (Phi) is 7.67. The van der Waals surface area contributed by atoms with Crippen LogP contribution < -0.4 is 30.0 Å². The number of benzene rings is 2. The number of alkyl halides is 2. The van der Waals surface area contributed by atoms with Crippen LogP contribution in [-0.2, 0) is 6.54 Å². The lowest BCUT2D eigenvalue weighted by Crippen LogP contribution is -2.22. The molecule has 0 unspecified atom stereocenters. The van der Waals surface area contributed by atoms with E-state index in [1.54, 1.807) is 43.3 Å². The molecule has 0 spiro atoms. The van der Waals surface area contributed by atoms with Gasteiger partial charge < -0.3 is 30.0 Å². The number of methoxy groups -OCH3 is 2. The molecule has 0 atom stereocenters. The van der Waals surface area contributed by atoms with Crippen molar-refractivity contribution in [1.29, 1.82) is 0 Å². The zero-order chi connectivity index (χ0) is 20.5. The normalized spacial score (nSPS) is 11.3. The van der Waals surface area contributed by atoms with Crippen LogP contribution in [0.4, 0.5) is 14.5 Å². The maximum absolute atomic E-state index is 12.8. The van der Waals surface area contributed by atoms with E-state index in [0.717, 1.165) is 0 Å². The van der Waals surface area contributed by atoms with Gasteiger partial charge in [-0.15, -0.1) is 0 Å². The molecule has 152 valence electrons. The van der Waals surface area contributed by atoms with Crippen molar-refractivity contribution in [1.82, 2.24) is 0 Å². The number of anilines is 1. The van der Waals surface area contributed by atoms with Gasteiger partial charge in [-0.3, -0.25) is 0 Å². The van der Waals surface area contributed by atoms with E-state index in [4.69, 9.17) is 19.9 Å². The van der Waals surface area contributed by atoms with Crippen molar-refractivity contribution >= 4 is 11.6 Å². The maximum atomic E-state index is 12.8. The lowest BCUT2D eigenvalue weighted by Gasteiger charge is -2.15. The molecule has 7 nitrogen and oxygen atoms in total. The van der Waals surface area contributed by atoms with E-state index in [9.17, 15) is 8.78 Å². The lowest BCUT2D eigenvalue weighted by molar-refractivity contribution is -0.0520. The van der Waals surface area contributed by atoms with Crippen molar-refractivity contribution in [3.63, 3.8) is 0 Å². The summed E-state index contributed by atoms with van der Waals surface area (Å²) in [5, 5.41) is 2.91. The summed E-state index contributed by atoms with van der Waals surface area (Å²) in [5.74, 6) is 1.36. The average molecular weight is 395 g/mol. The Morgan fingerprint density at radius 3 is 2.50 bits per heavy atom.